The molecule has 0 saturated carbocycles. The third-order valence-electron chi connectivity index (χ3n) is 3.74. The molecule has 0 radical (unpaired) electrons. The number of methoxy groups -OCH3 is 1. The first-order valence-corrected chi connectivity index (χ1v) is 7.68. The molecule has 0 atom stereocenters. The zero-order valence-electron chi connectivity index (χ0n) is 14.0. The Morgan fingerprint density at radius 2 is 1.81 bits per heavy atom. The van der Waals surface area contributed by atoms with Gasteiger partial charge in [-0.1, -0.05) is 24.3 Å². The van der Waals surface area contributed by atoms with Crippen molar-refractivity contribution in [2.75, 3.05) is 12.4 Å². The molecule has 3 rings (SSSR count). The number of carbonyl (C=O) groups excluding carboxylic acids is 2. The van der Waals surface area contributed by atoms with E-state index in [0.29, 0.717) is 5.69 Å². The summed E-state index contributed by atoms with van der Waals surface area (Å²) in [6, 6.07) is 14.3. The van der Waals surface area contributed by atoms with Gasteiger partial charge in [0.1, 0.15) is 5.75 Å². The predicted octanol–water partition coefficient (Wildman–Crippen LogP) is 2.14. The molecular formula is C18H17N5O3. The Balaban J connectivity index is 1.99. The molecule has 0 spiro atoms. The first kappa shape index (κ1) is 17.0. The van der Waals surface area contributed by atoms with Crippen molar-refractivity contribution in [2.45, 2.75) is 0 Å². The Morgan fingerprint density at radius 3 is 2.42 bits per heavy atom. The normalized spacial score (nSPS) is 10.3. The summed E-state index contributed by atoms with van der Waals surface area (Å²) in [5.74, 6) is 0.00376. The fourth-order valence-corrected chi connectivity index (χ4v) is 2.52. The number of carbonyl (C=O) groups is 2. The quantitative estimate of drug-likeness (QED) is 0.651. The number of primary amides is 2. The summed E-state index contributed by atoms with van der Waals surface area (Å²) >= 11 is 0. The van der Waals surface area contributed by atoms with Gasteiger partial charge in [-0.15, -0.1) is 0 Å². The lowest BCUT2D eigenvalue weighted by Gasteiger charge is -2.07. The molecule has 5 N–H and O–H groups in total. The zero-order valence-corrected chi connectivity index (χ0v) is 14.0. The molecule has 8 heteroatoms. The average Bonchev–Trinajstić information content (AvgIpc) is 3.05. The SMILES string of the molecule is COc1ccc(-c2cccc(-n3cc(NC(N)=O)c(C(N)=O)n3)c2)cc1. The van der Waals surface area contributed by atoms with Crippen molar-refractivity contribution in [2.24, 2.45) is 11.5 Å². The number of hydrogen-bond donors (Lipinski definition) is 3. The Kier molecular flexibility index (Phi) is 4.57. The Labute approximate surface area is 149 Å². The van der Waals surface area contributed by atoms with E-state index >= 15 is 0 Å². The first-order valence-electron chi connectivity index (χ1n) is 7.68. The molecule has 26 heavy (non-hydrogen) atoms. The molecule has 3 amide bonds. The average molecular weight is 351 g/mol. The van der Waals surface area contributed by atoms with Crippen molar-refractivity contribution < 1.29 is 14.3 Å². The Hall–Kier alpha value is -3.81. The lowest BCUT2D eigenvalue weighted by atomic mass is 10.1. The predicted molar refractivity (Wildman–Crippen MR) is 97.3 cm³/mol. The summed E-state index contributed by atoms with van der Waals surface area (Å²) < 4.78 is 6.62. The van der Waals surface area contributed by atoms with Gasteiger partial charge in [0.25, 0.3) is 5.91 Å². The van der Waals surface area contributed by atoms with Gasteiger partial charge < -0.3 is 21.5 Å². The molecule has 2 aromatic carbocycles. The molecule has 0 aliphatic heterocycles. The second-order valence-electron chi connectivity index (χ2n) is 5.47. The van der Waals surface area contributed by atoms with Gasteiger partial charge in [-0.25, -0.2) is 9.48 Å². The molecule has 0 bridgehead atoms. The summed E-state index contributed by atoms with van der Waals surface area (Å²) in [6.45, 7) is 0. The summed E-state index contributed by atoms with van der Waals surface area (Å²) in [5, 5.41) is 6.49. The number of rotatable bonds is 5. The monoisotopic (exact) mass is 351 g/mol. The molecule has 1 aromatic heterocycles. The highest BCUT2D eigenvalue weighted by molar-refractivity contribution is 6.00. The van der Waals surface area contributed by atoms with Crippen LogP contribution in [0.1, 0.15) is 10.5 Å². The van der Waals surface area contributed by atoms with E-state index in [2.05, 4.69) is 10.4 Å². The van der Waals surface area contributed by atoms with Gasteiger partial charge in [0, 0.05) is 0 Å². The molecule has 0 aliphatic carbocycles. The van der Waals surface area contributed by atoms with Crippen molar-refractivity contribution in [3.05, 3.63) is 60.4 Å². The van der Waals surface area contributed by atoms with Crippen LogP contribution in [0.2, 0.25) is 0 Å². The molecule has 0 unspecified atom stereocenters. The summed E-state index contributed by atoms with van der Waals surface area (Å²) in [7, 11) is 1.61. The fraction of sp³-hybridized carbons (Fsp3) is 0.0556. The minimum Gasteiger partial charge on any atom is -0.497 e. The van der Waals surface area contributed by atoms with Gasteiger partial charge in [-0.2, -0.15) is 5.10 Å². The fourth-order valence-electron chi connectivity index (χ4n) is 2.52. The third kappa shape index (κ3) is 3.48. The van der Waals surface area contributed by atoms with E-state index in [9.17, 15) is 9.59 Å². The molecule has 132 valence electrons. The number of aromatic nitrogens is 2. The van der Waals surface area contributed by atoms with Crippen LogP contribution in [0.5, 0.6) is 5.75 Å². The maximum Gasteiger partial charge on any atom is 0.316 e. The number of benzene rings is 2. The molecule has 8 nitrogen and oxygen atoms in total. The number of amides is 3. The minimum absolute atomic E-state index is 0.0707. The number of ether oxygens (including phenoxy) is 1. The van der Waals surface area contributed by atoms with Crippen molar-refractivity contribution in [1.82, 2.24) is 9.78 Å². The van der Waals surface area contributed by atoms with E-state index in [1.807, 2.05) is 48.5 Å². The van der Waals surface area contributed by atoms with Crippen LogP contribution in [-0.2, 0) is 0 Å². The van der Waals surface area contributed by atoms with Crippen LogP contribution in [0, 0.1) is 0 Å². The third-order valence-corrected chi connectivity index (χ3v) is 3.74. The van der Waals surface area contributed by atoms with Gasteiger partial charge in [-0.3, -0.25) is 4.79 Å². The van der Waals surface area contributed by atoms with E-state index in [1.54, 1.807) is 7.11 Å². The molecule has 0 aliphatic rings. The van der Waals surface area contributed by atoms with Crippen LogP contribution in [-0.4, -0.2) is 28.8 Å². The van der Waals surface area contributed by atoms with Gasteiger partial charge in [-0.05, 0) is 35.4 Å². The number of urea groups is 1. The number of hydrogen-bond acceptors (Lipinski definition) is 4. The largest absolute Gasteiger partial charge is 0.497 e. The minimum atomic E-state index is -0.806. The van der Waals surface area contributed by atoms with Crippen LogP contribution in [0.15, 0.2) is 54.7 Å². The number of nitrogens with zero attached hydrogens (tertiary/aromatic N) is 2. The molecule has 3 aromatic rings. The number of nitrogens with two attached hydrogens (primary N) is 2. The smallest absolute Gasteiger partial charge is 0.316 e. The maximum atomic E-state index is 11.5. The molecular weight excluding hydrogens is 334 g/mol. The van der Waals surface area contributed by atoms with Gasteiger partial charge >= 0.3 is 6.03 Å². The summed E-state index contributed by atoms with van der Waals surface area (Å²) in [5.41, 5.74) is 13.1. The highest BCUT2D eigenvalue weighted by Gasteiger charge is 2.16. The molecule has 0 fully saturated rings. The number of anilines is 1. The second kappa shape index (κ2) is 6.98. The van der Waals surface area contributed by atoms with Crippen LogP contribution < -0.4 is 21.5 Å². The Bertz CT molecular complexity index is 963. The van der Waals surface area contributed by atoms with E-state index in [4.69, 9.17) is 16.2 Å². The standard InChI is InChI=1S/C18H17N5O3/c1-26-14-7-5-11(6-8-14)12-3-2-4-13(9-12)23-10-15(21-18(20)25)16(22-23)17(19)24/h2-10H,1H3,(H2,19,24)(H3,20,21,25). The summed E-state index contributed by atoms with van der Waals surface area (Å²) in [6.07, 6.45) is 1.48. The van der Waals surface area contributed by atoms with Crippen molar-refractivity contribution in [3.8, 4) is 22.6 Å². The van der Waals surface area contributed by atoms with E-state index < -0.39 is 11.9 Å². The molecule has 0 saturated heterocycles. The van der Waals surface area contributed by atoms with E-state index in [1.165, 1.54) is 10.9 Å². The van der Waals surface area contributed by atoms with E-state index in [-0.39, 0.29) is 11.4 Å². The summed E-state index contributed by atoms with van der Waals surface area (Å²) in [4.78, 5) is 22.6. The highest BCUT2D eigenvalue weighted by atomic mass is 16.5. The van der Waals surface area contributed by atoms with Gasteiger partial charge in [0.2, 0.25) is 0 Å². The van der Waals surface area contributed by atoms with Crippen LogP contribution in [0.25, 0.3) is 16.8 Å². The highest BCUT2D eigenvalue weighted by Crippen LogP contribution is 2.25. The van der Waals surface area contributed by atoms with Gasteiger partial charge in [0.05, 0.1) is 24.7 Å². The lowest BCUT2D eigenvalue weighted by Crippen LogP contribution is -2.22. The second-order valence-corrected chi connectivity index (χ2v) is 5.47. The van der Waals surface area contributed by atoms with Crippen LogP contribution >= 0.6 is 0 Å². The van der Waals surface area contributed by atoms with Crippen molar-refractivity contribution in [1.29, 1.82) is 0 Å². The van der Waals surface area contributed by atoms with Crippen LogP contribution in [0.3, 0.4) is 0 Å². The maximum absolute atomic E-state index is 11.5. The van der Waals surface area contributed by atoms with Crippen molar-refractivity contribution in [3.63, 3.8) is 0 Å². The number of nitrogens with one attached hydrogen (secondary N) is 1. The zero-order chi connectivity index (χ0) is 18.7. The van der Waals surface area contributed by atoms with Gasteiger partial charge in [0.15, 0.2) is 5.69 Å². The first-order chi connectivity index (χ1) is 12.5. The Morgan fingerprint density at radius 1 is 1.08 bits per heavy atom. The lowest BCUT2D eigenvalue weighted by molar-refractivity contribution is 0.0996. The van der Waals surface area contributed by atoms with Crippen LogP contribution in [0.4, 0.5) is 10.5 Å². The van der Waals surface area contributed by atoms with E-state index in [0.717, 1.165) is 16.9 Å². The van der Waals surface area contributed by atoms with Crippen molar-refractivity contribution >= 4 is 17.6 Å². The molecule has 1 heterocycles. The topological polar surface area (TPSA) is 125 Å².